The van der Waals surface area contributed by atoms with E-state index in [1.807, 2.05) is 6.07 Å². The summed E-state index contributed by atoms with van der Waals surface area (Å²) in [4.78, 5) is 2.35. The van der Waals surface area contributed by atoms with Crippen molar-refractivity contribution in [3.8, 4) is 0 Å². The number of nitrogens with one attached hydrogen (secondary N) is 1. The van der Waals surface area contributed by atoms with Gasteiger partial charge in [0.2, 0.25) is 0 Å². The smallest absolute Gasteiger partial charge is 0.129 e. The molecule has 2 nitrogen and oxygen atoms in total. The van der Waals surface area contributed by atoms with Crippen molar-refractivity contribution in [2.75, 3.05) is 11.4 Å². The van der Waals surface area contributed by atoms with E-state index >= 15 is 0 Å². The molecular formula is C15H21FN2. The van der Waals surface area contributed by atoms with Crippen molar-refractivity contribution >= 4 is 5.69 Å². The summed E-state index contributed by atoms with van der Waals surface area (Å²) in [5.74, 6) is -0.0697. The first-order valence-electron chi connectivity index (χ1n) is 7.03. The Labute approximate surface area is 108 Å². The van der Waals surface area contributed by atoms with E-state index in [1.54, 1.807) is 6.07 Å². The van der Waals surface area contributed by atoms with E-state index in [4.69, 9.17) is 0 Å². The van der Waals surface area contributed by atoms with Crippen LogP contribution in [0, 0.1) is 5.82 Å². The number of anilines is 1. The van der Waals surface area contributed by atoms with Gasteiger partial charge in [-0.1, -0.05) is 6.07 Å². The van der Waals surface area contributed by atoms with Gasteiger partial charge in [0.25, 0.3) is 0 Å². The van der Waals surface area contributed by atoms with Crippen molar-refractivity contribution in [1.29, 1.82) is 0 Å². The maximum Gasteiger partial charge on any atom is 0.129 e. The highest BCUT2D eigenvalue weighted by Gasteiger charge is 2.25. The third-order valence-corrected chi connectivity index (χ3v) is 4.10. The second-order valence-electron chi connectivity index (χ2n) is 5.58. The molecule has 1 atom stereocenters. The van der Waals surface area contributed by atoms with Crippen molar-refractivity contribution in [3.63, 3.8) is 0 Å². The summed E-state index contributed by atoms with van der Waals surface area (Å²) in [5, 5.41) is 3.43. The van der Waals surface area contributed by atoms with Crippen LogP contribution >= 0.6 is 0 Å². The molecule has 1 aromatic carbocycles. The maximum absolute atomic E-state index is 14.0. The number of hydrogen-bond acceptors (Lipinski definition) is 2. The summed E-state index contributed by atoms with van der Waals surface area (Å²) in [5.41, 5.74) is 1.94. The van der Waals surface area contributed by atoms with Gasteiger partial charge in [-0.25, -0.2) is 4.39 Å². The predicted octanol–water partition coefficient (Wildman–Crippen LogP) is 3.07. The molecule has 1 saturated heterocycles. The van der Waals surface area contributed by atoms with Crippen LogP contribution in [0.3, 0.4) is 0 Å². The molecule has 1 aromatic rings. The van der Waals surface area contributed by atoms with Crippen LogP contribution in [0.5, 0.6) is 0 Å². The first kappa shape index (κ1) is 12.0. The molecule has 2 aliphatic rings. The maximum atomic E-state index is 14.0. The topological polar surface area (TPSA) is 15.3 Å². The molecular weight excluding hydrogens is 227 g/mol. The van der Waals surface area contributed by atoms with E-state index < -0.39 is 0 Å². The van der Waals surface area contributed by atoms with Crippen LogP contribution in [0.4, 0.5) is 10.1 Å². The lowest BCUT2D eigenvalue weighted by molar-refractivity contribution is 0.584. The second kappa shape index (κ2) is 4.88. The Balaban J connectivity index is 1.84. The monoisotopic (exact) mass is 248 g/mol. The van der Waals surface area contributed by atoms with E-state index in [0.717, 1.165) is 17.8 Å². The summed E-state index contributed by atoms with van der Waals surface area (Å²) in [6.45, 7) is 3.95. The van der Waals surface area contributed by atoms with Crippen molar-refractivity contribution in [2.45, 2.75) is 51.2 Å². The lowest BCUT2D eigenvalue weighted by Gasteiger charge is -2.26. The third kappa shape index (κ3) is 2.37. The Morgan fingerprint density at radius 1 is 1.33 bits per heavy atom. The van der Waals surface area contributed by atoms with E-state index in [1.165, 1.54) is 25.7 Å². The molecule has 18 heavy (non-hydrogen) atoms. The average Bonchev–Trinajstić information content (AvgIpc) is 3.09. The van der Waals surface area contributed by atoms with Crippen LogP contribution in [0.15, 0.2) is 18.2 Å². The van der Waals surface area contributed by atoms with Crippen LogP contribution in [0.2, 0.25) is 0 Å². The molecule has 0 spiro atoms. The molecule has 1 saturated carbocycles. The summed E-state index contributed by atoms with van der Waals surface area (Å²) < 4.78 is 14.0. The fraction of sp³-hybridized carbons (Fsp3) is 0.600. The lowest BCUT2D eigenvalue weighted by Crippen LogP contribution is -2.29. The summed E-state index contributed by atoms with van der Waals surface area (Å²) in [7, 11) is 0. The average molecular weight is 248 g/mol. The van der Waals surface area contributed by atoms with Crippen molar-refractivity contribution in [1.82, 2.24) is 5.32 Å². The van der Waals surface area contributed by atoms with Crippen molar-refractivity contribution in [2.24, 2.45) is 0 Å². The normalized spacial score (nSPS) is 23.7. The first-order valence-corrected chi connectivity index (χ1v) is 7.03. The highest BCUT2D eigenvalue weighted by Crippen LogP contribution is 2.30. The van der Waals surface area contributed by atoms with Crippen LogP contribution in [-0.4, -0.2) is 18.6 Å². The number of halogens is 1. The second-order valence-corrected chi connectivity index (χ2v) is 5.58. The Bertz CT molecular complexity index is 429. The molecule has 2 fully saturated rings. The van der Waals surface area contributed by atoms with Gasteiger partial charge in [-0.05, 0) is 44.7 Å². The Kier molecular flexibility index (Phi) is 3.25. The van der Waals surface area contributed by atoms with Crippen molar-refractivity contribution < 1.29 is 4.39 Å². The molecule has 3 heteroatoms. The van der Waals surface area contributed by atoms with E-state index in [0.29, 0.717) is 18.6 Å². The van der Waals surface area contributed by atoms with Gasteiger partial charge in [0, 0.05) is 36.4 Å². The van der Waals surface area contributed by atoms with Crippen LogP contribution in [0.25, 0.3) is 0 Å². The minimum atomic E-state index is -0.0697. The standard InChI is InChI=1S/C15H21FN2/c1-11-4-3-9-18(11)15-6-2-5-14(16)13(15)10-17-12-7-8-12/h2,5-6,11-12,17H,3-4,7-10H2,1H3. The minimum absolute atomic E-state index is 0.0697. The molecule has 0 radical (unpaired) electrons. The third-order valence-electron chi connectivity index (χ3n) is 4.10. The zero-order chi connectivity index (χ0) is 12.5. The SMILES string of the molecule is CC1CCCN1c1cccc(F)c1CNC1CC1. The lowest BCUT2D eigenvalue weighted by atomic mass is 10.1. The van der Waals surface area contributed by atoms with Gasteiger partial charge in [0.05, 0.1) is 0 Å². The molecule has 3 rings (SSSR count). The molecule has 0 bridgehead atoms. The predicted molar refractivity (Wildman–Crippen MR) is 72.3 cm³/mol. The highest BCUT2D eigenvalue weighted by atomic mass is 19.1. The van der Waals surface area contributed by atoms with Gasteiger partial charge >= 0.3 is 0 Å². The quantitative estimate of drug-likeness (QED) is 0.881. The number of hydrogen-bond donors (Lipinski definition) is 1. The fourth-order valence-corrected chi connectivity index (χ4v) is 2.82. The molecule has 1 heterocycles. The Morgan fingerprint density at radius 2 is 2.17 bits per heavy atom. The number of nitrogens with zero attached hydrogens (tertiary/aromatic N) is 1. The van der Waals surface area contributed by atoms with E-state index in [9.17, 15) is 4.39 Å². The first-order chi connectivity index (χ1) is 8.75. The van der Waals surface area contributed by atoms with Crippen molar-refractivity contribution in [3.05, 3.63) is 29.6 Å². The van der Waals surface area contributed by atoms with E-state index in [-0.39, 0.29) is 5.82 Å². The van der Waals surface area contributed by atoms with Gasteiger partial charge in [0.1, 0.15) is 5.82 Å². The van der Waals surface area contributed by atoms with Crippen LogP contribution in [-0.2, 0) is 6.54 Å². The van der Waals surface area contributed by atoms with E-state index in [2.05, 4.69) is 23.2 Å². The van der Waals surface area contributed by atoms with Gasteiger partial charge in [-0.2, -0.15) is 0 Å². The van der Waals surface area contributed by atoms with Gasteiger partial charge < -0.3 is 10.2 Å². The molecule has 1 unspecified atom stereocenters. The zero-order valence-corrected chi connectivity index (χ0v) is 11.0. The Hall–Kier alpha value is -1.09. The largest absolute Gasteiger partial charge is 0.368 e. The molecule has 0 amide bonds. The van der Waals surface area contributed by atoms with Crippen LogP contribution < -0.4 is 10.2 Å². The van der Waals surface area contributed by atoms with Gasteiger partial charge in [0.15, 0.2) is 0 Å². The molecule has 1 aliphatic carbocycles. The molecule has 98 valence electrons. The fourth-order valence-electron chi connectivity index (χ4n) is 2.82. The van der Waals surface area contributed by atoms with Gasteiger partial charge in [-0.3, -0.25) is 0 Å². The number of rotatable bonds is 4. The van der Waals surface area contributed by atoms with Gasteiger partial charge in [-0.15, -0.1) is 0 Å². The zero-order valence-electron chi connectivity index (χ0n) is 11.0. The molecule has 1 aliphatic heterocycles. The van der Waals surface area contributed by atoms with Crippen LogP contribution in [0.1, 0.15) is 38.2 Å². The summed E-state index contributed by atoms with van der Waals surface area (Å²) in [6.07, 6.45) is 4.91. The highest BCUT2D eigenvalue weighted by molar-refractivity contribution is 5.55. The minimum Gasteiger partial charge on any atom is -0.368 e. The summed E-state index contributed by atoms with van der Waals surface area (Å²) >= 11 is 0. The number of benzene rings is 1. The molecule has 0 aromatic heterocycles. The summed E-state index contributed by atoms with van der Waals surface area (Å²) in [6, 6.07) is 6.62. The Morgan fingerprint density at radius 3 is 2.83 bits per heavy atom. The molecule has 1 N–H and O–H groups in total.